The minimum atomic E-state index is -1.77. The molecule has 43 heavy (non-hydrogen) atoms. The van der Waals surface area contributed by atoms with Gasteiger partial charge in [-0.3, -0.25) is 14.5 Å². The quantitative estimate of drug-likeness (QED) is 0.104. The second-order valence-electron chi connectivity index (χ2n) is 11.8. The summed E-state index contributed by atoms with van der Waals surface area (Å²) in [4.78, 5) is 36.8. The topological polar surface area (TPSA) is 81.6 Å². The molecule has 3 aliphatic rings. The predicted molar refractivity (Wildman–Crippen MR) is 165 cm³/mol. The lowest BCUT2D eigenvalue weighted by molar-refractivity contribution is -0.239. The first-order chi connectivity index (χ1) is 20.6. The molecule has 0 radical (unpaired) electrons. The third kappa shape index (κ3) is 2.99. The number of carbonyl (C=O) groups is 2. The molecule has 2 heterocycles. The fraction of sp³-hybridized carbons (Fsp3) is 0.294. The summed E-state index contributed by atoms with van der Waals surface area (Å²) in [6, 6.07) is 21.9. The van der Waals surface area contributed by atoms with Crippen molar-refractivity contribution in [3.63, 3.8) is 0 Å². The van der Waals surface area contributed by atoms with Crippen LogP contribution in [0.5, 0.6) is 0 Å². The van der Waals surface area contributed by atoms with Gasteiger partial charge in [0.25, 0.3) is 0 Å². The fourth-order valence-corrected chi connectivity index (χ4v) is 9.26. The van der Waals surface area contributed by atoms with Crippen LogP contribution >= 0.6 is 23.2 Å². The molecule has 1 aliphatic heterocycles. The number of halogens is 2. The third-order valence-corrected chi connectivity index (χ3v) is 11.3. The van der Waals surface area contributed by atoms with Gasteiger partial charge in [0, 0.05) is 14.2 Å². The number of hydrogen-bond donors (Lipinski definition) is 0. The molecule has 2 bridgehead atoms. The zero-order valence-corrected chi connectivity index (χ0v) is 25.5. The first-order valence-corrected chi connectivity index (χ1v) is 14.9. The highest BCUT2D eigenvalue weighted by Gasteiger charge is 2.90. The molecule has 2 amide bonds. The Bertz CT molecular complexity index is 1940. The van der Waals surface area contributed by atoms with Crippen LogP contribution in [0.4, 0.5) is 0 Å². The lowest BCUT2D eigenvalue weighted by Crippen LogP contribution is -2.56. The third-order valence-electron chi connectivity index (χ3n) is 9.96. The number of imide groups is 1. The zero-order valence-electron chi connectivity index (χ0n) is 23.9. The molecule has 216 valence electrons. The van der Waals surface area contributed by atoms with Crippen molar-refractivity contribution >= 4 is 67.6 Å². The van der Waals surface area contributed by atoms with Crippen LogP contribution < -0.4 is 0 Å². The highest BCUT2D eigenvalue weighted by molar-refractivity contribution is 6.36. The number of methoxy groups -OCH3 is 2. The molecule has 4 aromatic carbocycles. The number of hydrogen-bond acceptors (Lipinski definition) is 6. The molecule has 2 aliphatic carbocycles. The van der Waals surface area contributed by atoms with E-state index in [0.717, 1.165) is 38.2 Å². The van der Waals surface area contributed by atoms with E-state index in [4.69, 9.17) is 42.6 Å². The zero-order chi connectivity index (χ0) is 30.1. The summed E-state index contributed by atoms with van der Waals surface area (Å²) < 4.78 is 12.0. The van der Waals surface area contributed by atoms with Crippen LogP contribution in [0.25, 0.3) is 32.6 Å². The number of alkyl halides is 2. The van der Waals surface area contributed by atoms with Crippen LogP contribution in [-0.2, 0) is 35.4 Å². The van der Waals surface area contributed by atoms with Gasteiger partial charge < -0.3 is 9.47 Å². The molecule has 7 nitrogen and oxygen atoms in total. The number of amides is 2. The normalized spacial score (nSPS) is 27.1. The van der Waals surface area contributed by atoms with Crippen molar-refractivity contribution in [1.82, 2.24) is 14.9 Å². The average Bonchev–Trinajstić information content (AvgIpc) is 3.43. The summed E-state index contributed by atoms with van der Waals surface area (Å²) in [5, 5.41) is 3.98. The first kappa shape index (κ1) is 27.0. The monoisotopic (exact) mass is 611 g/mol. The van der Waals surface area contributed by atoms with Crippen molar-refractivity contribution in [3.8, 4) is 0 Å². The number of ether oxygens (including phenoxy) is 2. The number of benzene rings is 4. The van der Waals surface area contributed by atoms with Crippen LogP contribution in [0, 0.1) is 25.7 Å². The number of aromatic nitrogens is 2. The standard InChI is InChI=1S/C34H27Cl2N3O4/c1-17-13-24-25(14-18(17)2)38-29-28(37-24)32(35)26-27(33(29,36)34(32,42-3)43-4)31(41)39(30(26)40)16-23-21-11-7-5-9-19(21)15-20-10-6-8-12-22(20)23/h5-15,26-27H,16H2,1-4H3/t26-,27+,32+,33-. The highest BCUT2D eigenvalue weighted by atomic mass is 35.5. The van der Waals surface area contributed by atoms with Gasteiger partial charge in [0.15, 0.2) is 9.75 Å². The molecule has 1 saturated carbocycles. The number of rotatable bonds is 4. The summed E-state index contributed by atoms with van der Waals surface area (Å²) in [6.07, 6.45) is 0. The molecule has 9 heteroatoms. The number of likely N-dealkylation sites (tertiary alicyclic amines) is 1. The summed E-state index contributed by atoms with van der Waals surface area (Å²) in [5.74, 6) is -4.80. The molecule has 0 spiro atoms. The molecular weight excluding hydrogens is 585 g/mol. The number of fused-ring (bicyclic) bond motifs is 11. The molecule has 0 unspecified atom stereocenters. The summed E-state index contributed by atoms with van der Waals surface area (Å²) in [7, 11) is 2.85. The van der Waals surface area contributed by atoms with Crippen LogP contribution in [0.2, 0.25) is 0 Å². The van der Waals surface area contributed by atoms with Gasteiger partial charge >= 0.3 is 0 Å². The van der Waals surface area contributed by atoms with E-state index in [2.05, 4.69) is 6.07 Å². The predicted octanol–water partition coefficient (Wildman–Crippen LogP) is 6.24. The van der Waals surface area contributed by atoms with Crippen LogP contribution in [0.3, 0.4) is 0 Å². The van der Waals surface area contributed by atoms with Crippen molar-refractivity contribution in [2.24, 2.45) is 11.8 Å². The fourth-order valence-electron chi connectivity index (χ4n) is 7.90. The molecule has 1 saturated heterocycles. The van der Waals surface area contributed by atoms with E-state index in [1.165, 1.54) is 19.1 Å². The first-order valence-electron chi connectivity index (χ1n) is 14.1. The molecule has 0 N–H and O–H groups in total. The molecule has 8 rings (SSSR count). The van der Waals surface area contributed by atoms with Crippen molar-refractivity contribution in [1.29, 1.82) is 0 Å². The van der Waals surface area contributed by atoms with Gasteiger partial charge in [-0.2, -0.15) is 0 Å². The maximum atomic E-state index is 14.5. The van der Waals surface area contributed by atoms with E-state index in [0.29, 0.717) is 22.4 Å². The SMILES string of the molecule is COC1(OC)[C@@]2(Cl)c3nc4cc(C)c(C)cc4nc3[C@]1(Cl)[C@@H]1C(=O)N(Cc3c4ccccc4cc4ccccc34)C(=O)[C@@H]12. The van der Waals surface area contributed by atoms with Crippen LogP contribution in [0.15, 0.2) is 66.7 Å². The van der Waals surface area contributed by atoms with E-state index in [1.807, 2.05) is 74.5 Å². The van der Waals surface area contributed by atoms with Crippen molar-refractivity contribution in [2.75, 3.05) is 14.2 Å². The summed E-state index contributed by atoms with van der Waals surface area (Å²) in [6.45, 7) is 4.05. The maximum absolute atomic E-state index is 14.5. The molecular formula is C34H27Cl2N3O4. The Kier molecular flexibility index (Phi) is 5.47. The van der Waals surface area contributed by atoms with Crippen molar-refractivity contribution in [2.45, 2.75) is 35.9 Å². The Labute approximate surface area is 257 Å². The number of carbonyl (C=O) groups excluding carboxylic acids is 2. The van der Waals surface area contributed by atoms with Gasteiger partial charge in [0.05, 0.1) is 40.8 Å². The highest BCUT2D eigenvalue weighted by Crippen LogP contribution is 2.77. The van der Waals surface area contributed by atoms with Crippen molar-refractivity contribution in [3.05, 3.63) is 94.8 Å². The minimum absolute atomic E-state index is 0.0665. The van der Waals surface area contributed by atoms with Gasteiger partial charge in [0.2, 0.25) is 17.6 Å². The molecule has 4 atom stereocenters. The van der Waals surface area contributed by atoms with Gasteiger partial charge in [-0.25, -0.2) is 9.97 Å². The Morgan fingerprint density at radius 1 is 0.744 bits per heavy atom. The summed E-state index contributed by atoms with van der Waals surface area (Å²) >= 11 is 15.2. The molecule has 5 aromatic rings. The number of nitrogens with zero attached hydrogens (tertiary/aromatic N) is 3. The minimum Gasteiger partial charge on any atom is -0.349 e. The van der Waals surface area contributed by atoms with Gasteiger partial charge in [-0.1, -0.05) is 48.5 Å². The Hall–Kier alpha value is -3.62. The van der Waals surface area contributed by atoms with Gasteiger partial charge in [-0.05, 0) is 70.3 Å². The van der Waals surface area contributed by atoms with E-state index in [9.17, 15) is 9.59 Å². The number of aryl methyl sites for hydroxylation is 2. The maximum Gasteiger partial charge on any atom is 0.235 e. The van der Waals surface area contributed by atoms with Gasteiger partial charge in [0.1, 0.15) is 0 Å². The Balaban J connectivity index is 1.33. The van der Waals surface area contributed by atoms with Crippen LogP contribution in [0.1, 0.15) is 28.1 Å². The Morgan fingerprint density at radius 3 is 1.63 bits per heavy atom. The lowest BCUT2D eigenvalue weighted by atomic mass is 9.80. The average molecular weight is 613 g/mol. The van der Waals surface area contributed by atoms with Gasteiger partial charge in [-0.15, -0.1) is 23.2 Å². The Morgan fingerprint density at radius 2 is 1.19 bits per heavy atom. The molecule has 1 aromatic heterocycles. The largest absolute Gasteiger partial charge is 0.349 e. The van der Waals surface area contributed by atoms with E-state index < -0.39 is 39.2 Å². The summed E-state index contributed by atoms with van der Waals surface area (Å²) in [5.41, 5.74) is 4.80. The second-order valence-corrected chi connectivity index (χ2v) is 13.0. The second kappa shape index (κ2) is 8.73. The van der Waals surface area contributed by atoms with Crippen LogP contribution in [-0.4, -0.2) is 46.7 Å². The van der Waals surface area contributed by atoms with E-state index in [-0.39, 0.29) is 6.54 Å². The van der Waals surface area contributed by atoms with E-state index >= 15 is 0 Å². The molecule has 2 fully saturated rings. The smallest absolute Gasteiger partial charge is 0.235 e. The van der Waals surface area contributed by atoms with E-state index in [1.54, 1.807) is 0 Å². The lowest BCUT2D eigenvalue weighted by Gasteiger charge is -2.41. The van der Waals surface area contributed by atoms with Crippen molar-refractivity contribution < 1.29 is 19.1 Å².